The van der Waals surface area contributed by atoms with Gasteiger partial charge in [0.05, 0.1) is 17.1 Å². The van der Waals surface area contributed by atoms with Crippen molar-refractivity contribution in [3.8, 4) is 33.4 Å². The van der Waals surface area contributed by atoms with Crippen molar-refractivity contribution in [1.29, 1.82) is 0 Å². The number of nitrogens with zero attached hydrogens (tertiary/aromatic N) is 1. The Morgan fingerprint density at radius 3 is 1.15 bits per heavy atom. The highest BCUT2D eigenvalue weighted by atomic mass is 16.3. The minimum atomic E-state index is -0.482. The van der Waals surface area contributed by atoms with E-state index < -0.39 is 10.8 Å². The third kappa shape index (κ3) is 5.55. The van der Waals surface area contributed by atoms with Gasteiger partial charge in [-0.3, -0.25) is 0 Å². The topological polar surface area (TPSA) is 16.4 Å². The van der Waals surface area contributed by atoms with Gasteiger partial charge in [0.1, 0.15) is 5.58 Å². The van der Waals surface area contributed by atoms with Gasteiger partial charge in [0, 0.05) is 22.4 Å². The van der Waals surface area contributed by atoms with Crippen LogP contribution in [0.15, 0.2) is 265 Å². The highest BCUT2D eigenvalue weighted by Crippen LogP contribution is 2.59. The summed E-state index contributed by atoms with van der Waals surface area (Å²) in [6.07, 6.45) is 1.76. The number of rotatable bonds is 8. The highest BCUT2D eigenvalue weighted by Gasteiger charge is 2.48. The van der Waals surface area contributed by atoms with Crippen LogP contribution in [-0.4, -0.2) is 0 Å². The summed E-state index contributed by atoms with van der Waals surface area (Å²) in [7, 11) is 0. The van der Waals surface area contributed by atoms with Crippen molar-refractivity contribution < 1.29 is 4.42 Å². The molecule has 0 atom stereocenters. The van der Waals surface area contributed by atoms with E-state index in [-0.39, 0.29) is 0 Å². The second kappa shape index (κ2) is 15.1. The first kappa shape index (κ1) is 38.0. The first-order chi connectivity index (χ1) is 32.7. The molecule has 2 aliphatic carbocycles. The fraction of sp³-hybridized carbons (Fsp3) is 0.0312. The van der Waals surface area contributed by atoms with E-state index in [1.165, 1.54) is 66.8 Å². The van der Waals surface area contributed by atoms with E-state index in [2.05, 4.69) is 254 Å². The Hall–Kier alpha value is -8.46. The largest absolute Gasteiger partial charge is 0.464 e. The maximum absolute atomic E-state index is 5.81. The first-order valence-electron chi connectivity index (χ1n) is 22.8. The summed E-state index contributed by atoms with van der Waals surface area (Å²) in [6, 6.07) is 93.9. The molecule has 0 spiro atoms. The van der Waals surface area contributed by atoms with Crippen LogP contribution in [0.1, 0.15) is 44.5 Å². The molecule has 13 rings (SSSR count). The molecule has 1 heterocycles. The molecule has 2 nitrogen and oxygen atoms in total. The molecule has 0 amide bonds. The van der Waals surface area contributed by atoms with E-state index in [1.54, 1.807) is 6.26 Å². The van der Waals surface area contributed by atoms with Crippen molar-refractivity contribution >= 4 is 28.0 Å². The molecule has 0 bridgehead atoms. The lowest BCUT2D eigenvalue weighted by Crippen LogP contribution is -2.28. The molecule has 310 valence electrons. The predicted octanol–water partition coefficient (Wildman–Crippen LogP) is 16.3. The van der Waals surface area contributed by atoms with E-state index >= 15 is 0 Å². The fourth-order valence-corrected chi connectivity index (χ4v) is 11.5. The molecular formula is C64H43NO. The molecule has 2 heteroatoms. The van der Waals surface area contributed by atoms with Crippen LogP contribution >= 0.6 is 0 Å². The van der Waals surface area contributed by atoms with E-state index in [4.69, 9.17) is 4.42 Å². The molecule has 0 aliphatic heterocycles. The monoisotopic (exact) mass is 841 g/mol. The Morgan fingerprint density at radius 2 is 0.682 bits per heavy atom. The van der Waals surface area contributed by atoms with E-state index in [1.807, 2.05) is 6.07 Å². The lowest BCUT2D eigenvalue weighted by molar-refractivity contribution is 0.616. The lowest BCUT2D eigenvalue weighted by Gasteiger charge is -2.34. The van der Waals surface area contributed by atoms with Gasteiger partial charge < -0.3 is 9.32 Å². The van der Waals surface area contributed by atoms with Crippen LogP contribution in [-0.2, 0) is 10.8 Å². The number of hydrogen-bond donors (Lipinski definition) is 0. The van der Waals surface area contributed by atoms with Gasteiger partial charge in [0.2, 0.25) is 0 Å². The normalized spacial score (nSPS) is 13.7. The van der Waals surface area contributed by atoms with Crippen molar-refractivity contribution in [2.24, 2.45) is 0 Å². The molecule has 0 saturated carbocycles. The number of anilines is 3. The Balaban J connectivity index is 1.04. The SMILES string of the molecule is c1ccc(C2(c3ccccc3)c3ccccc3-c3cc(N(c4ccc(-c5ccc6ccoc6c5)cc4)c4ccc5c(c4)-c4ccccc4C5(c4ccccc4)c4ccccc4)ccc32)cc1. The van der Waals surface area contributed by atoms with E-state index in [0.29, 0.717) is 0 Å². The van der Waals surface area contributed by atoms with Gasteiger partial charge in [0.25, 0.3) is 0 Å². The van der Waals surface area contributed by atoms with Gasteiger partial charge in [0.15, 0.2) is 0 Å². The predicted molar refractivity (Wildman–Crippen MR) is 271 cm³/mol. The zero-order chi connectivity index (χ0) is 43.7. The summed E-state index contributed by atoms with van der Waals surface area (Å²) in [5, 5.41) is 1.10. The van der Waals surface area contributed by atoms with Crippen LogP contribution in [0.4, 0.5) is 17.1 Å². The van der Waals surface area contributed by atoms with Crippen molar-refractivity contribution in [3.63, 3.8) is 0 Å². The first-order valence-corrected chi connectivity index (χ1v) is 22.8. The number of fused-ring (bicyclic) bond motifs is 7. The molecule has 0 fully saturated rings. The zero-order valence-corrected chi connectivity index (χ0v) is 36.2. The Morgan fingerprint density at radius 1 is 0.288 bits per heavy atom. The second-order valence-corrected chi connectivity index (χ2v) is 17.6. The van der Waals surface area contributed by atoms with Gasteiger partial charge in [-0.2, -0.15) is 0 Å². The quantitative estimate of drug-likeness (QED) is 0.152. The molecule has 2 aliphatic rings. The molecule has 0 radical (unpaired) electrons. The van der Waals surface area contributed by atoms with Gasteiger partial charge in [-0.1, -0.05) is 206 Å². The van der Waals surface area contributed by atoms with Gasteiger partial charge in [-0.15, -0.1) is 0 Å². The Bertz CT molecular complexity index is 3310. The summed E-state index contributed by atoms with van der Waals surface area (Å²) >= 11 is 0. The van der Waals surface area contributed by atoms with Crippen LogP contribution in [0.2, 0.25) is 0 Å². The molecular weight excluding hydrogens is 799 g/mol. The van der Waals surface area contributed by atoms with E-state index in [9.17, 15) is 0 Å². The molecule has 0 unspecified atom stereocenters. The van der Waals surface area contributed by atoms with Crippen molar-refractivity contribution in [3.05, 3.63) is 306 Å². The third-order valence-electron chi connectivity index (χ3n) is 14.3. The minimum Gasteiger partial charge on any atom is -0.464 e. The number of hydrogen-bond acceptors (Lipinski definition) is 2. The van der Waals surface area contributed by atoms with Crippen molar-refractivity contribution in [2.45, 2.75) is 10.8 Å². The third-order valence-corrected chi connectivity index (χ3v) is 14.3. The second-order valence-electron chi connectivity index (χ2n) is 17.6. The summed E-state index contributed by atoms with van der Waals surface area (Å²) in [5.74, 6) is 0. The number of benzene rings is 10. The average Bonchev–Trinajstić information content (AvgIpc) is 4.08. The average molecular weight is 842 g/mol. The van der Waals surface area contributed by atoms with Crippen LogP contribution in [0.5, 0.6) is 0 Å². The van der Waals surface area contributed by atoms with Crippen molar-refractivity contribution in [1.82, 2.24) is 0 Å². The smallest absolute Gasteiger partial charge is 0.134 e. The fourth-order valence-electron chi connectivity index (χ4n) is 11.5. The highest BCUT2D eigenvalue weighted by molar-refractivity contribution is 5.93. The van der Waals surface area contributed by atoms with E-state index in [0.717, 1.165) is 39.2 Å². The summed E-state index contributed by atoms with van der Waals surface area (Å²) in [5.41, 5.74) is 20.6. The van der Waals surface area contributed by atoms with Crippen molar-refractivity contribution in [2.75, 3.05) is 4.90 Å². The van der Waals surface area contributed by atoms with Gasteiger partial charge in [-0.25, -0.2) is 0 Å². The molecule has 0 saturated heterocycles. The van der Waals surface area contributed by atoms with Gasteiger partial charge in [-0.05, 0) is 126 Å². The maximum atomic E-state index is 5.81. The van der Waals surface area contributed by atoms with Crippen LogP contribution in [0.25, 0.3) is 44.3 Å². The van der Waals surface area contributed by atoms with Crippen LogP contribution < -0.4 is 4.90 Å². The molecule has 11 aromatic rings. The number of furan rings is 1. The summed E-state index contributed by atoms with van der Waals surface area (Å²) < 4.78 is 5.81. The van der Waals surface area contributed by atoms with Crippen LogP contribution in [0, 0.1) is 0 Å². The summed E-state index contributed by atoms with van der Waals surface area (Å²) in [6.45, 7) is 0. The standard InChI is InChI=1S/C64H43NO/c1-5-17-47(18-6-1)63(48-19-7-2-8-20-48)58-27-15-13-25-54(58)56-42-52(35-37-60(56)63)65(51-33-31-44(32-34-51)46-30-29-45-39-40-66-62(45)41-46)53-36-38-61-57(43-53)55-26-14-16-28-59(55)64(61,49-21-9-3-10-22-49)50-23-11-4-12-24-50/h1-43H. The zero-order valence-electron chi connectivity index (χ0n) is 36.2. The Labute approximate surface area is 385 Å². The Kier molecular flexibility index (Phi) is 8.69. The minimum absolute atomic E-state index is 0.482. The maximum Gasteiger partial charge on any atom is 0.134 e. The van der Waals surface area contributed by atoms with Crippen LogP contribution in [0.3, 0.4) is 0 Å². The van der Waals surface area contributed by atoms with Gasteiger partial charge >= 0.3 is 0 Å². The molecule has 0 N–H and O–H groups in total. The molecule has 66 heavy (non-hydrogen) atoms. The lowest BCUT2D eigenvalue weighted by atomic mass is 9.67. The summed E-state index contributed by atoms with van der Waals surface area (Å²) in [4.78, 5) is 2.45. The molecule has 10 aromatic carbocycles. The molecule has 1 aromatic heterocycles.